The zero-order valence-corrected chi connectivity index (χ0v) is 15.0. The number of hydrogen-bond acceptors (Lipinski definition) is 2. The zero-order valence-electron chi connectivity index (χ0n) is 15.0. The van der Waals surface area contributed by atoms with Crippen LogP contribution in [0.15, 0.2) is 91.0 Å². The van der Waals surface area contributed by atoms with Crippen LogP contribution in [0, 0.1) is 0 Å². The standard InChI is InChI=1S/C24H24O2/c1-26-22-17-15-21(16-18-22)24(25)23(20-12-6-3-7-13-20)14-8-11-19-9-4-2-5-10-19/h2-13,15-18,23-25H,14H2,1H3/b11-8+/t23-,24-/m0/s1. The number of ether oxygens (including phenoxy) is 1. The molecule has 0 aliphatic carbocycles. The molecular formula is C24H24O2. The maximum absolute atomic E-state index is 11.0. The molecular weight excluding hydrogens is 320 g/mol. The van der Waals surface area contributed by atoms with Crippen molar-refractivity contribution < 1.29 is 9.84 Å². The quantitative estimate of drug-likeness (QED) is 0.603. The molecule has 0 saturated carbocycles. The molecule has 0 bridgehead atoms. The van der Waals surface area contributed by atoms with E-state index in [1.807, 2.05) is 60.7 Å². The summed E-state index contributed by atoms with van der Waals surface area (Å²) in [6.07, 6.45) is 4.42. The second-order valence-electron chi connectivity index (χ2n) is 6.28. The first-order chi connectivity index (χ1) is 12.8. The van der Waals surface area contributed by atoms with Crippen LogP contribution in [-0.4, -0.2) is 12.2 Å². The summed E-state index contributed by atoms with van der Waals surface area (Å²) in [4.78, 5) is 0. The smallest absolute Gasteiger partial charge is 0.118 e. The molecule has 0 unspecified atom stereocenters. The van der Waals surface area contributed by atoms with E-state index in [1.54, 1.807) is 7.11 Å². The van der Waals surface area contributed by atoms with Crippen molar-refractivity contribution in [3.8, 4) is 5.75 Å². The Bertz CT molecular complexity index is 808. The molecule has 132 valence electrons. The van der Waals surface area contributed by atoms with Gasteiger partial charge in [-0.3, -0.25) is 0 Å². The third-order valence-electron chi connectivity index (χ3n) is 4.57. The number of aliphatic hydroxyl groups excluding tert-OH is 1. The number of methoxy groups -OCH3 is 1. The largest absolute Gasteiger partial charge is 0.497 e. The van der Waals surface area contributed by atoms with Crippen molar-refractivity contribution in [2.24, 2.45) is 0 Å². The van der Waals surface area contributed by atoms with Gasteiger partial charge in [-0.1, -0.05) is 84.9 Å². The summed E-state index contributed by atoms with van der Waals surface area (Å²) in [5, 5.41) is 11.0. The number of benzene rings is 3. The van der Waals surface area contributed by atoms with Crippen LogP contribution in [0.3, 0.4) is 0 Å². The molecule has 0 radical (unpaired) electrons. The van der Waals surface area contributed by atoms with Crippen molar-refractivity contribution >= 4 is 6.08 Å². The Morgan fingerprint density at radius 2 is 1.42 bits per heavy atom. The van der Waals surface area contributed by atoms with E-state index in [0.29, 0.717) is 0 Å². The molecule has 0 spiro atoms. The Morgan fingerprint density at radius 3 is 2.04 bits per heavy atom. The Labute approximate surface area is 155 Å². The Kier molecular flexibility index (Phi) is 6.24. The molecule has 2 heteroatoms. The highest BCUT2D eigenvalue weighted by atomic mass is 16.5. The van der Waals surface area contributed by atoms with Crippen molar-refractivity contribution in [3.05, 3.63) is 108 Å². The molecule has 26 heavy (non-hydrogen) atoms. The molecule has 2 nitrogen and oxygen atoms in total. The average molecular weight is 344 g/mol. The first-order valence-electron chi connectivity index (χ1n) is 8.86. The van der Waals surface area contributed by atoms with Crippen molar-refractivity contribution in [1.29, 1.82) is 0 Å². The summed E-state index contributed by atoms with van der Waals surface area (Å²) >= 11 is 0. The predicted octanol–water partition coefficient (Wildman–Crippen LogP) is 5.62. The van der Waals surface area contributed by atoms with E-state index >= 15 is 0 Å². The topological polar surface area (TPSA) is 29.5 Å². The maximum atomic E-state index is 11.0. The molecule has 0 fully saturated rings. The minimum absolute atomic E-state index is 0.00967. The van der Waals surface area contributed by atoms with Gasteiger partial charge in [-0.05, 0) is 35.2 Å². The van der Waals surface area contributed by atoms with Gasteiger partial charge < -0.3 is 9.84 Å². The van der Waals surface area contributed by atoms with Crippen LogP contribution >= 0.6 is 0 Å². The highest BCUT2D eigenvalue weighted by Gasteiger charge is 2.21. The second kappa shape index (κ2) is 9.02. The molecule has 0 amide bonds. The van der Waals surface area contributed by atoms with Crippen LogP contribution in [0.4, 0.5) is 0 Å². The number of aliphatic hydroxyl groups is 1. The third kappa shape index (κ3) is 4.62. The normalized spacial score (nSPS) is 13.5. The summed E-state index contributed by atoms with van der Waals surface area (Å²) in [6, 6.07) is 28.1. The van der Waals surface area contributed by atoms with E-state index in [0.717, 1.165) is 23.3 Å². The molecule has 3 rings (SSSR count). The lowest BCUT2D eigenvalue weighted by molar-refractivity contribution is 0.145. The fraction of sp³-hybridized carbons (Fsp3) is 0.167. The minimum atomic E-state index is -0.580. The molecule has 0 saturated heterocycles. The number of allylic oxidation sites excluding steroid dienone is 1. The predicted molar refractivity (Wildman–Crippen MR) is 107 cm³/mol. The van der Waals surface area contributed by atoms with Crippen LogP contribution in [0.2, 0.25) is 0 Å². The van der Waals surface area contributed by atoms with Crippen LogP contribution in [0.1, 0.15) is 35.1 Å². The molecule has 1 N–H and O–H groups in total. The van der Waals surface area contributed by atoms with E-state index in [9.17, 15) is 5.11 Å². The van der Waals surface area contributed by atoms with Gasteiger partial charge in [0.2, 0.25) is 0 Å². The van der Waals surface area contributed by atoms with Gasteiger partial charge in [0.1, 0.15) is 5.75 Å². The van der Waals surface area contributed by atoms with Crippen molar-refractivity contribution in [3.63, 3.8) is 0 Å². The Balaban J connectivity index is 1.82. The van der Waals surface area contributed by atoms with Gasteiger partial charge in [0, 0.05) is 5.92 Å². The summed E-state index contributed by atoms with van der Waals surface area (Å²) < 4.78 is 5.22. The van der Waals surface area contributed by atoms with Gasteiger partial charge >= 0.3 is 0 Å². The van der Waals surface area contributed by atoms with Gasteiger partial charge in [-0.2, -0.15) is 0 Å². The van der Waals surface area contributed by atoms with Crippen LogP contribution < -0.4 is 4.74 Å². The lowest BCUT2D eigenvalue weighted by atomic mass is 9.86. The monoisotopic (exact) mass is 344 g/mol. The van der Waals surface area contributed by atoms with Crippen molar-refractivity contribution in [2.45, 2.75) is 18.4 Å². The van der Waals surface area contributed by atoms with E-state index in [4.69, 9.17) is 4.74 Å². The van der Waals surface area contributed by atoms with Crippen LogP contribution in [-0.2, 0) is 0 Å². The first-order valence-corrected chi connectivity index (χ1v) is 8.86. The van der Waals surface area contributed by atoms with E-state index in [1.165, 1.54) is 5.56 Å². The van der Waals surface area contributed by atoms with E-state index < -0.39 is 6.10 Å². The lowest BCUT2D eigenvalue weighted by Crippen LogP contribution is -2.10. The fourth-order valence-electron chi connectivity index (χ4n) is 3.10. The zero-order chi connectivity index (χ0) is 18.2. The molecule has 0 aromatic heterocycles. The molecule has 3 aromatic rings. The minimum Gasteiger partial charge on any atom is -0.497 e. The average Bonchev–Trinajstić information content (AvgIpc) is 2.72. The molecule has 3 aromatic carbocycles. The Morgan fingerprint density at radius 1 is 0.808 bits per heavy atom. The molecule has 0 heterocycles. The van der Waals surface area contributed by atoms with Crippen molar-refractivity contribution in [1.82, 2.24) is 0 Å². The fourth-order valence-corrected chi connectivity index (χ4v) is 3.10. The summed E-state index contributed by atoms with van der Waals surface area (Å²) in [5.74, 6) is 0.783. The highest BCUT2D eigenvalue weighted by Crippen LogP contribution is 2.34. The molecule has 0 aliphatic heterocycles. The van der Waals surface area contributed by atoms with Gasteiger partial charge in [0.15, 0.2) is 0 Å². The van der Waals surface area contributed by atoms with Crippen molar-refractivity contribution in [2.75, 3.05) is 7.11 Å². The lowest BCUT2D eigenvalue weighted by Gasteiger charge is -2.23. The van der Waals surface area contributed by atoms with Crippen LogP contribution in [0.5, 0.6) is 5.75 Å². The summed E-state index contributed by atoms with van der Waals surface area (Å²) in [7, 11) is 1.65. The molecule has 0 aliphatic rings. The maximum Gasteiger partial charge on any atom is 0.118 e. The number of hydrogen-bond donors (Lipinski definition) is 1. The number of rotatable bonds is 7. The Hall–Kier alpha value is -2.84. The molecule has 2 atom stereocenters. The first kappa shape index (κ1) is 18.0. The highest BCUT2D eigenvalue weighted by molar-refractivity contribution is 5.49. The van der Waals surface area contributed by atoms with Gasteiger partial charge in [-0.25, -0.2) is 0 Å². The van der Waals surface area contributed by atoms with E-state index in [-0.39, 0.29) is 5.92 Å². The van der Waals surface area contributed by atoms with E-state index in [2.05, 4.69) is 36.4 Å². The van der Waals surface area contributed by atoms with Gasteiger partial charge in [0.05, 0.1) is 13.2 Å². The van der Waals surface area contributed by atoms with Gasteiger partial charge in [-0.15, -0.1) is 0 Å². The second-order valence-corrected chi connectivity index (χ2v) is 6.28. The van der Waals surface area contributed by atoms with Gasteiger partial charge in [0.25, 0.3) is 0 Å². The summed E-state index contributed by atoms with van der Waals surface area (Å²) in [5.41, 5.74) is 3.19. The summed E-state index contributed by atoms with van der Waals surface area (Å²) in [6.45, 7) is 0. The van der Waals surface area contributed by atoms with Crippen LogP contribution in [0.25, 0.3) is 6.08 Å². The third-order valence-corrected chi connectivity index (χ3v) is 4.57. The SMILES string of the molecule is COc1ccc([C@H](O)[C@@H](C/C=C/c2ccccc2)c2ccccc2)cc1.